The number of aliphatic hydroxyl groups is 2. The molecule has 4 nitrogen and oxygen atoms in total. The molecule has 0 spiro atoms. The number of para-hydroxylation sites is 1. The fourth-order valence-corrected chi connectivity index (χ4v) is 3.22. The molecule has 122 valence electrons. The summed E-state index contributed by atoms with van der Waals surface area (Å²) in [6, 6.07) is 15.6. The molecule has 3 aromatic rings. The maximum atomic E-state index is 13.1. The Morgan fingerprint density at radius 3 is 2.50 bits per heavy atom. The normalized spacial score (nSPS) is 16.2. The van der Waals surface area contributed by atoms with Crippen molar-refractivity contribution in [3.05, 3.63) is 71.5 Å². The molecule has 1 fully saturated rings. The Bertz CT molecular complexity index is 890. The van der Waals surface area contributed by atoms with E-state index in [2.05, 4.69) is 4.98 Å². The lowest BCUT2D eigenvalue weighted by Crippen LogP contribution is -2.60. The third-order valence-electron chi connectivity index (χ3n) is 4.54. The second-order valence-corrected chi connectivity index (χ2v) is 6.22. The molecule has 1 aliphatic heterocycles. The van der Waals surface area contributed by atoms with Gasteiger partial charge in [-0.1, -0.05) is 30.3 Å². The van der Waals surface area contributed by atoms with Crippen LogP contribution in [0.5, 0.6) is 0 Å². The molecule has 2 aromatic carbocycles. The highest BCUT2D eigenvalue weighted by Gasteiger charge is 2.44. The Labute approximate surface area is 138 Å². The summed E-state index contributed by atoms with van der Waals surface area (Å²) in [6.45, 7) is 0.604. The van der Waals surface area contributed by atoms with Crippen molar-refractivity contribution in [2.45, 2.75) is 12.2 Å². The average Bonchev–Trinajstić information content (AvgIpc) is 2.58. The number of nitrogens with zero attached hydrogens (tertiary/aromatic N) is 2. The van der Waals surface area contributed by atoms with E-state index >= 15 is 0 Å². The SMILES string of the molecule is OCc1cc2ccccc2nc1N1CC(O)(c2ccc(F)cc2)C1. The van der Waals surface area contributed by atoms with E-state index in [1.807, 2.05) is 35.2 Å². The topological polar surface area (TPSA) is 56.6 Å². The predicted octanol–water partition coefficient (Wildman–Crippen LogP) is 2.57. The van der Waals surface area contributed by atoms with E-state index < -0.39 is 5.60 Å². The molecule has 0 aliphatic carbocycles. The lowest BCUT2D eigenvalue weighted by Gasteiger charge is -2.48. The Morgan fingerprint density at radius 1 is 1.08 bits per heavy atom. The van der Waals surface area contributed by atoms with E-state index in [1.165, 1.54) is 12.1 Å². The predicted molar refractivity (Wildman–Crippen MR) is 90.2 cm³/mol. The monoisotopic (exact) mass is 324 g/mol. The summed E-state index contributed by atoms with van der Waals surface area (Å²) < 4.78 is 13.1. The van der Waals surface area contributed by atoms with Gasteiger partial charge in [0.1, 0.15) is 17.2 Å². The molecule has 1 aromatic heterocycles. The number of rotatable bonds is 3. The molecule has 0 unspecified atom stereocenters. The van der Waals surface area contributed by atoms with Crippen LogP contribution in [0.1, 0.15) is 11.1 Å². The highest BCUT2D eigenvalue weighted by molar-refractivity contribution is 5.82. The van der Waals surface area contributed by atoms with Gasteiger partial charge in [-0.15, -0.1) is 0 Å². The van der Waals surface area contributed by atoms with E-state index in [9.17, 15) is 14.6 Å². The molecular formula is C19H17FN2O2. The largest absolute Gasteiger partial charge is 0.392 e. The molecule has 1 aliphatic rings. The zero-order valence-electron chi connectivity index (χ0n) is 13.0. The number of halogens is 1. The fraction of sp³-hybridized carbons (Fsp3) is 0.211. The average molecular weight is 324 g/mol. The van der Waals surface area contributed by atoms with E-state index in [-0.39, 0.29) is 12.4 Å². The van der Waals surface area contributed by atoms with Gasteiger partial charge in [-0.25, -0.2) is 9.37 Å². The van der Waals surface area contributed by atoms with Gasteiger partial charge in [0.05, 0.1) is 25.2 Å². The summed E-state index contributed by atoms with van der Waals surface area (Å²) in [4.78, 5) is 6.57. The molecular weight excluding hydrogens is 307 g/mol. The third-order valence-corrected chi connectivity index (χ3v) is 4.54. The molecule has 24 heavy (non-hydrogen) atoms. The van der Waals surface area contributed by atoms with Gasteiger partial charge in [-0.2, -0.15) is 0 Å². The van der Waals surface area contributed by atoms with Crippen molar-refractivity contribution in [3.63, 3.8) is 0 Å². The van der Waals surface area contributed by atoms with Gasteiger partial charge >= 0.3 is 0 Å². The van der Waals surface area contributed by atoms with Crippen LogP contribution >= 0.6 is 0 Å². The standard InChI is InChI=1S/C19H17FN2O2/c20-16-7-5-15(6-8-16)19(24)11-22(12-19)18-14(10-23)9-13-3-1-2-4-17(13)21-18/h1-9,23-24H,10-12H2. The Hall–Kier alpha value is -2.50. The van der Waals surface area contributed by atoms with E-state index in [1.54, 1.807) is 12.1 Å². The van der Waals surface area contributed by atoms with Crippen molar-refractivity contribution in [3.8, 4) is 0 Å². The van der Waals surface area contributed by atoms with Crippen LogP contribution in [-0.4, -0.2) is 28.3 Å². The van der Waals surface area contributed by atoms with Gasteiger partial charge in [-0.3, -0.25) is 0 Å². The smallest absolute Gasteiger partial charge is 0.135 e. The molecule has 1 saturated heterocycles. The van der Waals surface area contributed by atoms with Gasteiger partial charge in [-0.05, 0) is 29.8 Å². The van der Waals surface area contributed by atoms with Crippen LogP contribution in [0.2, 0.25) is 0 Å². The Kier molecular flexibility index (Phi) is 3.48. The summed E-state index contributed by atoms with van der Waals surface area (Å²) in [5, 5.41) is 21.4. The summed E-state index contributed by atoms with van der Waals surface area (Å²) in [6.07, 6.45) is 0. The van der Waals surface area contributed by atoms with Crippen molar-refractivity contribution in [2.75, 3.05) is 18.0 Å². The molecule has 0 amide bonds. The zero-order valence-corrected chi connectivity index (χ0v) is 13.0. The molecule has 0 radical (unpaired) electrons. The van der Waals surface area contributed by atoms with Gasteiger partial charge in [0.2, 0.25) is 0 Å². The van der Waals surface area contributed by atoms with Crippen LogP contribution in [-0.2, 0) is 12.2 Å². The second-order valence-electron chi connectivity index (χ2n) is 6.22. The van der Waals surface area contributed by atoms with Crippen molar-refractivity contribution >= 4 is 16.7 Å². The summed E-state index contributed by atoms with van der Waals surface area (Å²) in [5.41, 5.74) is 1.25. The first-order valence-corrected chi connectivity index (χ1v) is 7.82. The quantitative estimate of drug-likeness (QED) is 0.777. The summed E-state index contributed by atoms with van der Waals surface area (Å²) >= 11 is 0. The summed E-state index contributed by atoms with van der Waals surface area (Å²) in [5.74, 6) is 0.361. The van der Waals surface area contributed by atoms with E-state index in [0.717, 1.165) is 16.5 Å². The van der Waals surface area contributed by atoms with Crippen molar-refractivity contribution in [2.24, 2.45) is 0 Å². The zero-order chi connectivity index (χ0) is 16.7. The molecule has 0 atom stereocenters. The highest BCUT2D eigenvalue weighted by Crippen LogP contribution is 2.37. The highest BCUT2D eigenvalue weighted by atomic mass is 19.1. The number of hydrogen-bond acceptors (Lipinski definition) is 4. The van der Waals surface area contributed by atoms with E-state index in [0.29, 0.717) is 24.5 Å². The Morgan fingerprint density at radius 2 is 1.79 bits per heavy atom. The number of β-amino-alcohol motifs (C(OH)–C–C–N with tert-alkyl or cyclic N) is 1. The molecule has 2 N–H and O–H groups in total. The maximum Gasteiger partial charge on any atom is 0.135 e. The number of aromatic nitrogens is 1. The molecule has 0 bridgehead atoms. The van der Waals surface area contributed by atoms with Gasteiger partial charge in [0.15, 0.2) is 0 Å². The van der Waals surface area contributed by atoms with Crippen molar-refractivity contribution in [1.29, 1.82) is 0 Å². The fourth-order valence-electron chi connectivity index (χ4n) is 3.22. The number of pyridine rings is 1. The first kappa shape index (κ1) is 15.1. The number of aliphatic hydroxyl groups excluding tert-OH is 1. The maximum absolute atomic E-state index is 13.1. The molecule has 0 saturated carbocycles. The Balaban J connectivity index is 1.64. The lowest BCUT2D eigenvalue weighted by molar-refractivity contribution is 0.00681. The van der Waals surface area contributed by atoms with Gasteiger partial charge in [0.25, 0.3) is 0 Å². The minimum atomic E-state index is -1.02. The molecule has 2 heterocycles. The van der Waals surface area contributed by atoms with Crippen LogP contribution in [0, 0.1) is 5.82 Å². The summed E-state index contributed by atoms with van der Waals surface area (Å²) in [7, 11) is 0. The van der Waals surface area contributed by atoms with Gasteiger partial charge < -0.3 is 15.1 Å². The lowest BCUT2D eigenvalue weighted by atomic mass is 9.86. The van der Waals surface area contributed by atoms with Crippen LogP contribution in [0.25, 0.3) is 10.9 Å². The van der Waals surface area contributed by atoms with Crippen LogP contribution in [0.15, 0.2) is 54.6 Å². The van der Waals surface area contributed by atoms with E-state index in [4.69, 9.17) is 0 Å². The van der Waals surface area contributed by atoms with Crippen LogP contribution in [0.4, 0.5) is 10.2 Å². The number of hydrogen-bond donors (Lipinski definition) is 2. The van der Waals surface area contributed by atoms with Crippen molar-refractivity contribution in [1.82, 2.24) is 4.98 Å². The first-order chi connectivity index (χ1) is 11.6. The minimum absolute atomic E-state index is 0.112. The van der Waals surface area contributed by atoms with Gasteiger partial charge in [0, 0.05) is 10.9 Å². The number of fused-ring (bicyclic) bond motifs is 1. The molecule has 4 rings (SSSR count). The molecule has 5 heteroatoms. The van der Waals surface area contributed by atoms with Crippen LogP contribution in [0.3, 0.4) is 0 Å². The number of benzene rings is 2. The third kappa shape index (κ3) is 2.42. The van der Waals surface area contributed by atoms with Crippen molar-refractivity contribution < 1.29 is 14.6 Å². The minimum Gasteiger partial charge on any atom is -0.392 e. The first-order valence-electron chi connectivity index (χ1n) is 7.82. The van der Waals surface area contributed by atoms with Crippen LogP contribution < -0.4 is 4.90 Å². The number of anilines is 1. The second kappa shape index (κ2) is 5.54.